The van der Waals surface area contributed by atoms with Crippen molar-refractivity contribution in [3.05, 3.63) is 0 Å². The van der Waals surface area contributed by atoms with Crippen molar-refractivity contribution in [2.24, 2.45) is 11.8 Å². The van der Waals surface area contributed by atoms with Crippen molar-refractivity contribution < 1.29 is 33.0 Å². The van der Waals surface area contributed by atoms with E-state index in [-0.39, 0.29) is 47.3 Å². The van der Waals surface area contributed by atoms with Gasteiger partial charge < -0.3 is 23.4 Å². The Morgan fingerprint density at radius 3 is 2.31 bits per heavy atom. The first-order valence-corrected chi connectivity index (χ1v) is 16.5. The molecule has 5 atom stereocenters. The fraction of sp³-hybridized carbons (Fsp3) is 0.926. The molecule has 2 rings (SSSR count). The Bertz CT molecular complexity index is 654. The van der Waals surface area contributed by atoms with E-state index < -0.39 is 8.32 Å². The van der Waals surface area contributed by atoms with Crippen LogP contribution in [-0.4, -0.2) is 59.1 Å². The van der Waals surface area contributed by atoms with Crippen molar-refractivity contribution in [2.75, 3.05) is 20.3 Å². The van der Waals surface area contributed by atoms with Crippen molar-refractivity contribution in [2.45, 2.75) is 129 Å². The minimum Gasteiger partial charge on any atom is -0.469 e. The molecule has 1 aliphatic heterocycles. The van der Waals surface area contributed by atoms with Gasteiger partial charge in [-0.1, -0.05) is 40.0 Å². The minimum absolute atomic E-state index is 0.0449. The summed E-state index contributed by atoms with van der Waals surface area (Å²) in [5.74, 6) is -0.0351. The second-order valence-corrected chi connectivity index (χ2v) is 16.6. The fourth-order valence-electron chi connectivity index (χ4n) is 4.91. The van der Waals surface area contributed by atoms with Crippen LogP contribution in [0, 0.1) is 11.8 Å². The number of carbonyl (C=O) groups is 2. The Hall–Kier alpha value is -0.963. The predicted molar refractivity (Wildman–Crippen MR) is 138 cm³/mol. The molecule has 0 radical (unpaired) electrons. The van der Waals surface area contributed by atoms with Crippen LogP contribution in [0.3, 0.4) is 0 Å². The van der Waals surface area contributed by atoms with E-state index in [1.165, 1.54) is 14.0 Å². The number of carbonyl (C=O) groups excluding carboxylic acids is 2. The van der Waals surface area contributed by atoms with Gasteiger partial charge in [0.15, 0.2) is 14.6 Å². The maximum atomic E-state index is 11.9. The van der Waals surface area contributed by atoms with Crippen LogP contribution in [0.5, 0.6) is 0 Å². The number of unbranched alkanes of at least 4 members (excludes halogenated alkanes) is 3. The number of hydrogen-bond acceptors (Lipinski definition) is 7. The highest BCUT2D eigenvalue weighted by Gasteiger charge is 2.48. The van der Waals surface area contributed by atoms with E-state index in [9.17, 15) is 9.59 Å². The Morgan fingerprint density at radius 1 is 1.00 bits per heavy atom. The van der Waals surface area contributed by atoms with Gasteiger partial charge in [0.1, 0.15) is 6.10 Å². The molecule has 1 saturated carbocycles. The van der Waals surface area contributed by atoms with Gasteiger partial charge in [-0.2, -0.15) is 0 Å². The maximum Gasteiger partial charge on any atom is 0.305 e. The summed E-state index contributed by atoms with van der Waals surface area (Å²) >= 11 is 0. The third-order valence-electron chi connectivity index (χ3n) is 8.09. The van der Waals surface area contributed by atoms with Crippen LogP contribution < -0.4 is 0 Å². The van der Waals surface area contributed by atoms with Gasteiger partial charge in [0.2, 0.25) is 0 Å². The van der Waals surface area contributed by atoms with Crippen LogP contribution in [0.25, 0.3) is 0 Å². The highest BCUT2D eigenvalue weighted by Crippen LogP contribution is 2.43. The lowest BCUT2D eigenvalue weighted by molar-refractivity contribution is -0.198. The Labute approximate surface area is 214 Å². The molecule has 0 spiro atoms. The molecular weight excluding hydrogens is 464 g/mol. The van der Waals surface area contributed by atoms with Crippen molar-refractivity contribution in [3.63, 3.8) is 0 Å². The average Bonchev–Trinajstić information content (AvgIpc) is 3.09. The third kappa shape index (κ3) is 9.78. The first-order chi connectivity index (χ1) is 16.4. The number of hydrogen-bond donors (Lipinski definition) is 0. The average molecular weight is 515 g/mol. The summed E-state index contributed by atoms with van der Waals surface area (Å²) in [5.41, 5.74) is 0. The smallest absolute Gasteiger partial charge is 0.305 e. The Morgan fingerprint density at radius 2 is 1.71 bits per heavy atom. The Kier molecular flexibility index (Phi) is 12.2. The topological polar surface area (TPSA) is 80.3 Å². The third-order valence-corrected chi connectivity index (χ3v) is 12.6. The molecule has 0 aromatic carbocycles. The normalized spacial score (nSPS) is 27.6. The highest BCUT2D eigenvalue weighted by molar-refractivity contribution is 6.74. The van der Waals surface area contributed by atoms with Crippen molar-refractivity contribution in [1.29, 1.82) is 0 Å². The van der Waals surface area contributed by atoms with Crippen molar-refractivity contribution in [3.8, 4) is 0 Å². The lowest BCUT2D eigenvalue weighted by Crippen LogP contribution is -2.44. The molecule has 7 nitrogen and oxygen atoms in total. The van der Waals surface area contributed by atoms with Crippen LogP contribution in [0.15, 0.2) is 0 Å². The van der Waals surface area contributed by atoms with Crippen LogP contribution in [0.1, 0.15) is 91.9 Å². The molecule has 204 valence electrons. The molecule has 1 aliphatic carbocycles. The van der Waals surface area contributed by atoms with E-state index in [1.54, 1.807) is 0 Å². The molecule has 1 saturated heterocycles. The minimum atomic E-state index is -1.94. The summed E-state index contributed by atoms with van der Waals surface area (Å²) < 4.78 is 29.7. The van der Waals surface area contributed by atoms with Crippen LogP contribution >= 0.6 is 0 Å². The molecule has 0 amide bonds. The van der Waals surface area contributed by atoms with E-state index in [4.69, 9.17) is 23.4 Å². The second kappa shape index (κ2) is 14.1. The zero-order chi connectivity index (χ0) is 26.1. The van der Waals surface area contributed by atoms with Gasteiger partial charge >= 0.3 is 11.9 Å². The van der Waals surface area contributed by atoms with Gasteiger partial charge in [0, 0.05) is 44.8 Å². The molecular formula is C27H50O7Si. The Balaban J connectivity index is 2.08. The predicted octanol–water partition coefficient (Wildman–Crippen LogP) is 6.00. The molecule has 8 heteroatoms. The molecule has 1 heterocycles. The van der Waals surface area contributed by atoms with Crippen LogP contribution in [0.2, 0.25) is 18.1 Å². The molecule has 2 aliphatic rings. The number of esters is 2. The summed E-state index contributed by atoms with van der Waals surface area (Å²) in [7, 11) is -0.509. The van der Waals surface area contributed by atoms with E-state index >= 15 is 0 Å². The van der Waals surface area contributed by atoms with Crippen LogP contribution in [-0.2, 0) is 33.0 Å². The molecule has 0 bridgehead atoms. The lowest BCUT2D eigenvalue weighted by Gasteiger charge is -2.39. The SMILES string of the molecule is COC(=O)CCCCCCC1[C@@H](OC(C)=O)C[C@@H](OC2CCCCO2)[C@@H]1CO[Si](C)(C)C(C)(C)C. The van der Waals surface area contributed by atoms with Crippen molar-refractivity contribution >= 4 is 20.3 Å². The number of rotatable bonds is 13. The first-order valence-electron chi connectivity index (χ1n) is 13.6. The molecule has 35 heavy (non-hydrogen) atoms. The van der Waals surface area contributed by atoms with Gasteiger partial charge in [-0.15, -0.1) is 0 Å². The zero-order valence-corrected chi connectivity index (χ0v) is 24.2. The fourth-order valence-corrected chi connectivity index (χ4v) is 5.95. The second-order valence-electron chi connectivity index (χ2n) is 11.8. The van der Waals surface area contributed by atoms with E-state index in [2.05, 4.69) is 33.9 Å². The van der Waals surface area contributed by atoms with Crippen LogP contribution in [0.4, 0.5) is 0 Å². The van der Waals surface area contributed by atoms with Gasteiger partial charge in [0.05, 0.1) is 13.2 Å². The highest BCUT2D eigenvalue weighted by atomic mass is 28.4. The van der Waals surface area contributed by atoms with Gasteiger partial charge in [-0.3, -0.25) is 9.59 Å². The molecule has 2 unspecified atom stereocenters. The maximum absolute atomic E-state index is 11.9. The monoisotopic (exact) mass is 514 g/mol. The molecule has 0 aromatic rings. The summed E-state index contributed by atoms with van der Waals surface area (Å²) in [6.07, 6.45) is 8.72. The number of methoxy groups -OCH3 is 1. The summed E-state index contributed by atoms with van der Waals surface area (Å²) in [6, 6.07) is 0. The molecule has 2 fully saturated rings. The van der Waals surface area contributed by atoms with Gasteiger partial charge in [-0.05, 0) is 50.2 Å². The summed E-state index contributed by atoms with van der Waals surface area (Å²) in [6.45, 7) is 14.2. The quantitative estimate of drug-likeness (QED) is 0.169. The zero-order valence-electron chi connectivity index (χ0n) is 23.2. The van der Waals surface area contributed by atoms with E-state index in [1.807, 2.05) is 0 Å². The summed E-state index contributed by atoms with van der Waals surface area (Å²) in [5, 5.41) is 0.124. The molecule has 0 N–H and O–H groups in total. The largest absolute Gasteiger partial charge is 0.469 e. The van der Waals surface area contributed by atoms with E-state index in [0.717, 1.165) is 58.0 Å². The van der Waals surface area contributed by atoms with Gasteiger partial charge in [0.25, 0.3) is 0 Å². The van der Waals surface area contributed by atoms with E-state index in [0.29, 0.717) is 19.4 Å². The number of ether oxygens (including phenoxy) is 4. The lowest BCUT2D eigenvalue weighted by atomic mass is 9.89. The standard InChI is InChI=1S/C27H50O7Si/c1-20(28)33-23-18-24(34-26-16-12-13-17-31-26)22(19-32-35(6,7)27(2,3)4)21(23)14-10-8-9-11-15-25(29)30-5/h21-24,26H,8-19H2,1-7H3/t21?,22-,23+,24-,26?/m1/s1. The van der Waals surface area contributed by atoms with Gasteiger partial charge in [-0.25, -0.2) is 0 Å². The summed E-state index contributed by atoms with van der Waals surface area (Å²) in [4.78, 5) is 23.3. The first kappa shape index (κ1) is 30.3. The molecule has 0 aromatic heterocycles. The van der Waals surface area contributed by atoms with Crippen molar-refractivity contribution in [1.82, 2.24) is 0 Å².